The predicted molar refractivity (Wildman–Crippen MR) is 64.2 cm³/mol. The number of sulfonamides is 1. The van der Waals surface area contributed by atoms with Gasteiger partial charge in [-0.05, 0) is 19.3 Å². The smallest absolute Gasteiger partial charge is 0.215 e. The van der Waals surface area contributed by atoms with Crippen molar-refractivity contribution in [2.24, 2.45) is 5.73 Å². The van der Waals surface area contributed by atoms with Gasteiger partial charge < -0.3 is 5.73 Å². The Morgan fingerprint density at radius 3 is 1.93 bits per heavy atom. The van der Waals surface area contributed by atoms with Gasteiger partial charge in [0.15, 0.2) is 0 Å². The van der Waals surface area contributed by atoms with Crippen LogP contribution < -0.4 is 5.73 Å². The third kappa shape index (κ3) is 5.49. The molecule has 5 heteroatoms. The van der Waals surface area contributed by atoms with Crippen LogP contribution in [0, 0.1) is 0 Å². The zero-order valence-corrected chi connectivity index (χ0v) is 10.9. The third-order valence-electron chi connectivity index (χ3n) is 2.29. The van der Waals surface area contributed by atoms with E-state index in [4.69, 9.17) is 5.73 Å². The maximum absolute atomic E-state index is 11.9. The summed E-state index contributed by atoms with van der Waals surface area (Å²) in [5, 5.41) is 0. The zero-order chi connectivity index (χ0) is 11.9. The van der Waals surface area contributed by atoms with Crippen LogP contribution in [0.4, 0.5) is 0 Å². The topological polar surface area (TPSA) is 63.4 Å². The first-order valence-corrected chi connectivity index (χ1v) is 7.32. The van der Waals surface area contributed by atoms with E-state index >= 15 is 0 Å². The fraction of sp³-hybridized carbons (Fsp3) is 1.00. The van der Waals surface area contributed by atoms with Gasteiger partial charge in [-0.2, -0.15) is 0 Å². The van der Waals surface area contributed by atoms with Crippen molar-refractivity contribution in [2.45, 2.75) is 46.1 Å². The molecule has 0 spiro atoms. The molecule has 2 N–H and O–H groups in total. The molecule has 1 unspecified atom stereocenters. The summed E-state index contributed by atoms with van der Waals surface area (Å²) in [5.41, 5.74) is 5.68. The molecule has 0 bridgehead atoms. The highest BCUT2D eigenvalue weighted by molar-refractivity contribution is 7.89. The van der Waals surface area contributed by atoms with E-state index in [2.05, 4.69) is 0 Å². The number of rotatable bonds is 8. The van der Waals surface area contributed by atoms with Crippen molar-refractivity contribution >= 4 is 10.0 Å². The van der Waals surface area contributed by atoms with Crippen LogP contribution in [0.3, 0.4) is 0 Å². The molecule has 0 saturated carbocycles. The molecule has 0 amide bonds. The van der Waals surface area contributed by atoms with Crippen molar-refractivity contribution in [3.8, 4) is 0 Å². The van der Waals surface area contributed by atoms with Gasteiger partial charge in [-0.25, -0.2) is 12.7 Å². The van der Waals surface area contributed by atoms with Gasteiger partial charge in [0, 0.05) is 19.1 Å². The van der Waals surface area contributed by atoms with E-state index in [0.717, 1.165) is 12.8 Å². The highest BCUT2D eigenvalue weighted by Crippen LogP contribution is 2.06. The van der Waals surface area contributed by atoms with E-state index in [1.165, 1.54) is 0 Å². The van der Waals surface area contributed by atoms with Gasteiger partial charge >= 0.3 is 0 Å². The van der Waals surface area contributed by atoms with Crippen molar-refractivity contribution in [1.29, 1.82) is 0 Å². The fourth-order valence-electron chi connectivity index (χ4n) is 1.38. The zero-order valence-electron chi connectivity index (χ0n) is 10.1. The number of nitrogens with two attached hydrogens (primary N) is 1. The van der Waals surface area contributed by atoms with Gasteiger partial charge in [-0.1, -0.05) is 20.8 Å². The summed E-state index contributed by atoms with van der Waals surface area (Å²) in [4.78, 5) is 0. The summed E-state index contributed by atoms with van der Waals surface area (Å²) in [5.74, 6) is 0.0729. The molecule has 92 valence electrons. The molecule has 0 radical (unpaired) electrons. The Hall–Kier alpha value is -0.130. The maximum atomic E-state index is 11.9. The van der Waals surface area contributed by atoms with Crippen molar-refractivity contribution in [2.75, 3.05) is 18.8 Å². The second-order valence-corrected chi connectivity index (χ2v) is 5.86. The molecule has 0 fully saturated rings. The molecule has 1 atom stereocenters. The Labute approximate surface area is 93.9 Å². The Bertz CT molecular complexity index is 246. The highest BCUT2D eigenvalue weighted by atomic mass is 32.2. The third-order valence-corrected chi connectivity index (χ3v) is 4.29. The van der Waals surface area contributed by atoms with E-state index in [9.17, 15) is 8.42 Å². The van der Waals surface area contributed by atoms with E-state index in [1.54, 1.807) is 4.31 Å². The van der Waals surface area contributed by atoms with Gasteiger partial charge in [-0.3, -0.25) is 0 Å². The van der Waals surface area contributed by atoms with E-state index < -0.39 is 10.0 Å². The minimum atomic E-state index is -3.15. The van der Waals surface area contributed by atoms with Gasteiger partial charge in [0.2, 0.25) is 10.0 Å². The molecule has 15 heavy (non-hydrogen) atoms. The van der Waals surface area contributed by atoms with Crippen LogP contribution in [0.25, 0.3) is 0 Å². The maximum Gasteiger partial charge on any atom is 0.215 e. The minimum Gasteiger partial charge on any atom is -0.327 e. The van der Waals surface area contributed by atoms with Crippen LogP contribution in [0.1, 0.15) is 40.0 Å². The predicted octanol–water partition coefficient (Wildman–Crippen LogP) is 1.18. The monoisotopic (exact) mass is 236 g/mol. The highest BCUT2D eigenvalue weighted by Gasteiger charge is 2.22. The van der Waals surface area contributed by atoms with Crippen molar-refractivity contribution in [3.63, 3.8) is 0 Å². The fourth-order valence-corrected chi connectivity index (χ4v) is 3.29. The molecule has 0 aromatic heterocycles. The summed E-state index contributed by atoms with van der Waals surface area (Å²) >= 11 is 0. The first-order valence-electron chi connectivity index (χ1n) is 5.71. The summed E-state index contributed by atoms with van der Waals surface area (Å²) < 4.78 is 25.4. The molecule has 0 saturated heterocycles. The summed E-state index contributed by atoms with van der Waals surface area (Å²) in [6, 6.07) is -0.244. The summed E-state index contributed by atoms with van der Waals surface area (Å²) in [7, 11) is -3.15. The van der Waals surface area contributed by atoms with E-state index in [0.29, 0.717) is 19.5 Å². The number of nitrogens with zero attached hydrogens (tertiary/aromatic N) is 1. The van der Waals surface area contributed by atoms with Crippen LogP contribution in [0.5, 0.6) is 0 Å². The number of hydrogen-bond donors (Lipinski definition) is 1. The Morgan fingerprint density at radius 2 is 1.60 bits per heavy atom. The normalized spacial score (nSPS) is 14.5. The average Bonchev–Trinajstić information content (AvgIpc) is 2.16. The van der Waals surface area contributed by atoms with Crippen molar-refractivity contribution in [3.05, 3.63) is 0 Å². The van der Waals surface area contributed by atoms with Crippen LogP contribution in [0.15, 0.2) is 0 Å². The average molecular weight is 236 g/mol. The minimum absolute atomic E-state index is 0.0729. The Balaban J connectivity index is 4.48. The summed E-state index contributed by atoms with van der Waals surface area (Å²) in [6.07, 6.45) is 2.40. The van der Waals surface area contributed by atoms with Crippen LogP contribution in [-0.2, 0) is 10.0 Å². The second kappa shape index (κ2) is 7.19. The van der Waals surface area contributed by atoms with Crippen LogP contribution in [0.2, 0.25) is 0 Å². The van der Waals surface area contributed by atoms with Gasteiger partial charge in [0.25, 0.3) is 0 Å². The molecular formula is C10H24N2O2S. The lowest BCUT2D eigenvalue weighted by Crippen LogP contribution is -2.40. The van der Waals surface area contributed by atoms with Gasteiger partial charge in [0.1, 0.15) is 0 Å². The van der Waals surface area contributed by atoms with Crippen molar-refractivity contribution in [1.82, 2.24) is 4.31 Å². The second-order valence-electron chi connectivity index (χ2n) is 3.85. The van der Waals surface area contributed by atoms with E-state index in [-0.39, 0.29) is 11.8 Å². The largest absolute Gasteiger partial charge is 0.327 e. The van der Waals surface area contributed by atoms with E-state index in [1.807, 2.05) is 20.8 Å². The quantitative estimate of drug-likeness (QED) is 0.688. The molecule has 0 heterocycles. The number of hydrogen-bond acceptors (Lipinski definition) is 3. The molecule has 0 aliphatic rings. The molecule has 0 rings (SSSR count). The summed E-state index contributed by atoms with van der Waals surface area (Å²) in [6.45, 7) is 7.08. The lowest BCUT2D eigenvalue weighted by molar-refractivity contribution is 0.407. The first kappa shape index (κ1) is 14.9. The Morgan fingerprint density at radius 1 is 1.13 bits per heavy atom. The molecule has 0 aromatic rings. The SMILES string of the molecule is CCCN(CCC)S(=O)(=O)CC(N)CC. The Kier molecular flexibility index (Phi) is 7.13. The van der Waals surface area contributed by atoms with Crippen LogP contribution >= 0.6 is 0 Å². The lowest BCUT2D eigenvalue weighted by atomic mass is 10.3. The van der Waals surface area contributed by atoms with Gasteiger partial charge in [-0.15, -0.1) is 0 Å². The lowest BCUT2D eigenvalue weighted by Gasteiger charge is -2.22. The molecule has 0 aromatic carbocycles. The van der Waals surface area contributed by atoms with Crippen LogP contribution in [-0.4, -0.2) is 37.6 Å². The molecular weight excluding hydrogens is 212 g/mol. The van der Waals surface area contributed by atoms with Gasteiger partial charge in [0.05, 0.1) is 5.75 Å². The van der Waals surface area contributed by atoms with Crippen molar-refractivity contribution < 1.29 is 8.42 Å². The molecule has 0 aliphatic carbocycles. The standard InChI is InChI=1S/C10H24N2O2S/c1-4-7-12(8-5-2)15(13,14)9-10(11)6-3/h10H,4-9,11H2,1-3H3. The molecule has 0 aliphatic heterocycles. The first-order chi connectivity index (χ1) is 6.97. The molecule has 4 nitrogen and oxygen atoms in total.